The zero-order valence-corrected chi connectivity index (χ0v) is 11.1. The highest BCUT2D eigenvalue weighted by Crippen LogP contribution is 2.32. The van der Waals surface area contributed by atoms with Gasteiger partial charge < -0.3 is 15.2 Å². The zero-order chi connectivity index (χ0) is 14.8. The largest absolute Gasteiger partial charge is 0.507 e. The van der Waals surface area contributed by atoms with Crippen molar-refractivity contribution in [1.82, 2.24) is 4.98 Å². The molecule has 3 aromatic rings. The Morgan fingerprint density at radius 3 is 2.19 bits per heavy atom. The third kappa shape index (κ3) is 2.27. The lowest BCUT2D eigenvalue weighted by atomic mass is 9.99. The molecule has 0 aliphatic heterocycles. The number of carbonyl (C=O) groups excluding carboxylic acids is 1. The standard InChI is InChI=1S/C17H13NO3/c19-13-7-4-8-14(20)15(13)17(21)16-12(9-10-18-16)11-5-2-1-3-6-11/h1-10,18-20H. The van der Waals surface area contributed by atoms with Gasteiger partial charge in [0.05, 0.1) is 5.69 Å². The number of aromatic hydroxyl groups is 2. The molecule has 1 heterocycles. The maximum atomic E-state index is 12.6. The normalized spacial score (nSPS) is 10.5. The smallest absolute Gasteiger partial charge is 0.217 e. The average molecular weight is 279 g/mol. The van der Waals surface area contributed by atoms with Gasteiger partial charge in [-0.1, -0.05) is 36.4 Å². The summed E-state index contributed by atoms with van der Waals surface area (Å²) in [4.78, 5) is 15.5. The summed E-state index contributed by atoms with van der Waals surface area (Å²) in [6, 6.07) is 15.5. The molecular weight excluding hydrogens is 266 g/mol. The van der Waals surface area contributed by atoms with E-state index in [9.17, 15) is 15.0 Å². The van der Waals surface area contributed by atoms with E-state index in [0.29, 0.717) is 5.69 Å². The second kappa shape index (κ2) is 5.17. The number of aromatic amines is 1. The minimum atomic E-state index is -0.450. The molecule has 0 aliphatic rings. The lowest BCUT2D eigenvalue weighted by molar-refractivity contribution is 0.103. The molecule has 3 rings (SSSR count). The summed E-state index contributed by atoms with van der Waals surface area (Å²) in [7, 11) is 0. The number of rotatable bonds is 3. The predicted molar refractivity (Wildman–Crippen MR) is 79.4 cm³/mol. The number of phenols is 2. The SMILES string of the molecule is O=C(c1[nH]ccc1-c1ccccc1)c1c(O)cccc1O. The van der Waals surface area contributed by atoms with Gasteiger partial charge in [-0.25, -0.2) is 0 Å². The van der Waals surface area contributed by atoms with Crippen LogP contribution < -0.4 is 0 Å². The fourth-order valence-corrected chi connectivity index (χ4v) is 2.30. The van der Waals surface area contributed by atoms with Crippen molar-refractivity contribution in [1.29, 1.82) is 0 Å². The van der Waals surface area contributed by atoms with Crippen LogP contribution in [0.5, 0.6) is 11.5 Å². The van der Waals surface area contributed by atoms with Gasteiger partial charge in [0.2, 0.25) is 5.78 Å². The molecule has 4 heteroatoms. The molecule has 3 N–H and O–H groups in total. The van der Waals surface area contributed by atoms with E-state index in [1.807, 2.05) is 30.3 Å². The molecule has 2 aromatic carbocycles. The number of hydrogen-bond acceptors (Lipinski definition) is 3. The third-order valence-corrected chi connectivity index (χ3v) is 3.31. The summed E-state index contributed by atoms with van der Waals surface area (Å²) in [5, 5.41) is 19.7. The van der Waals surface area contributed by atoms with E-state index in [1.54, 1.807) is 12.3 Å². The molecule has 0 fully saturated rings. The molecule has 0 amide bonds. The summed E-state index contributed by atoms with van der Waals surface area (Å²) < 4.78 is 0. The molecule has 0 aliphatic carbocycles. The van der Waals surface area contributed by atoms with Gasteiger partial charge in [0.25, 0.3) is 0 Å². The third-order valence-electron chi connectivity index (χ3n) is 3.31. The van der Waals surface area contributed by atoms with Crippen LogP contribution >= 0.6 is 0 Å². The van der Waals surface area contributed by atoms with E-state index in [1.165, 1.54) is 18.2 Å². The van der Waals surface area contributed by atoms with Gasteiger partial charge in [0, 0.05) is 11.8 Å². The molecule has 0 bridgehead atoms. The zero-order valence-electron chi connectivity index (χ0n) is 11.1. The molecule has 104 valence electrons. The summed E-state index contributed by atoms with van der Waals surface area (Å²) in [6.45, 7) is 0. The van der Waals surface area contributed by atoms with Crippen molar-refractivity contribution in [3.05, 3.63) is 72.1 Å². The topological polar surface area (TPSA) is 73.3 Å². The number of benzene rings is 2. The fourth-order valence-electron chi connectivity index (χ4n) is 2.30. The Bertz CT molecular complexity index is 771. The predicted octanol–water partition coefficient (Wildman–Crippen LogP) is 3.32. The number of nitrogens with one attached hydrogen (secondary N) is 1. The minimum Gasteiger partial charge on any atom is -0.507 e. The number of H-pyrrole nitrogens is 1. The summed E-state index contributed by atoms with van der Waals surface area (Å²) >= 11 is 0. The number of carbonyl (C=O) groups is 1. The van der Waals surface area contributed by atoms with Crippen LogP contribution in [-0.4, -0.2) is 21.0 Å². The van der Waals surface area contributed by atoms with Gasteiger partial charge in [-0.15, -0.1) is 0 Å². The molecule has 4 nitrogen and oxygen atoms in total. The first-order chi connectivity index (χ1) is 10.2. The Morgan fingerprint density at radius 1 is 0.857 bits per heavy atom. The summed E-state index contributed by atoms with van der Waals surface area (Å²) in [6.07, 6.45) is 1.66. The lowest BCUT2D eigenvalue weighted by Gasteiger charge is -2.07. The highest BCUT2D eigenvalue weighted by Gasteiger charge is 2.22. The van der Waals surface area contributed by atoms with Crippen LogP contribution in [0.2, 0.25) is 0 Å². The van der Waals surface area contributed by atoms with Crippen LogP contribution in [0, 0.1) is 0 Å². The Balaban J connectivity index is 2.11. The van der Waals surface area contributed by atoms with E-state index in [4.69, 9.17) is 0 Å². The number of aromatic nitrogens is 1. The minimum absolute atomic E-state index is 0.0999. The Labute approximate surface area is 121 Å². The molecule has 0 spiro atoms. The van der Waals surface area contributed by atoms with Crippen molar-refractivity contribution in [3.8, 4) is 22.6 Å². The van der Waals surface area contributed by atoms with E-state index < -0.39 is 5.78 Å². The molecule has 0 atom stereocenters. The molecular formula is C17H13NO3. The Morgan fingerprint density at radius 2 is 1.52 bits per heavy atom. The van der Waals surface area contributed by atoms with Crippen LogP contribution in [0.15, 0.2) is 60.8 Å². The molecule has 1 aromatic heterocycles. The van der Waals surface area contributed by atoms with Crippen molar-refractivity contribution in [2.24, 2.45) is 0 Å². The maximum Gasteiger partial charge on any atom is 0.217 e. The number of ketones is 1. The number of phenolic OH excluding ortho intramolecular Hbond substituents is 2. The monoisotopic (exact) mass is 279 g/mol. The fraction of sp³-hybridized carbons (Fsp3) is 0. The van der Waals surface area contributed by atoms with Gasteiger partial charge in [-0.2, -0.15) is 0 Å². The lowest BCUT2D eigenvalue weighted by Crippen LogP contribution is -2.04. The molecule has 21 heavy (non-hydrogen) atoms. The van der Waals surface area contributed by atoms with E-state index >= 15 is 0 Å². The molecule has 0 radical (unpaired) electrons. The summed E-state index contributed by atoms with van der Waals surface area (Å²) in [5.41, 5.74) is 1.84. The van der Waals surface area contributed by atoms with Crippen molar-refractivity contribution in [2.45, 2.75) is 0 Å². The second-order valence-corrected chi connectivity index (χ2v) is 4.63. The van der Waals surface area contributed by atoms with Crippen LogP contribution in [0.3, 0.4) is 0 Å². The van der Waals surface area contributed by atoms with E-state index in [0.717, 1.165) is 11.1 Å². The van der Waals surface area contributed by atoms with Crippen LogP contribution in [0.25, 0.3) is 11.1 Å². The highest BCUT2D eigenvalue weighted by atomic mass is 16.3. The van der Waals surface area contributed by atoms with Gasteiger partial charge in [-0.05, 0) is 23.8 Å². The molecule has 0 saturated carbocycles. The first-order valence-electron chi connectivity index (χ1n) is 6.47. The van der Waals surface area contributed by atoms with Gasteiger partial charge >= 0.3 is 0 Å². The van der Waals surface area contributed by atoms with Crippen molar-refractivity contribution >= 4 is 5.78 Å². The summed E-state index contributed by atoms with van der Waals surface area (Å²) in [5.74, 6) is -0.934. The van der Waals surface area contributed by atoms with Gasteiger partial charge in [0.15, 0.2) is 0 Å². The van der Waals surface area contributed by atoms with Crippen molar-refractivity contribution < 1.29 is 15.0 Å². The van der Waals surface area contributed by atoms with Crippen LogP contribution in [0.4, 0.5) is 0 Å². The Hall–Kier alpha value is -3.01. The maximum absolute atomic E-state index is 12.6. The van der Waals surface area contributed by atoms with Crippen LogP contribution in [0.1, 0.15) is 16.1 Å². The quantitative estimate of drug-likeness (QED) is 0.644. The average Bonchev–Trinajstić information content (AvgIpc) is 2.97. The van der Waals surface area contributed by atoms with E-state index in [-0.39, 0.29) is 17.1 Å². The van der Waals surface area contributed by atoms with Crippen molar-refractivity contribution in [2.75, 3.05) is 0 Å². The van der Waals surface area contributed by atoms with Crippen LogP contribution in [-0.2, 0) is 0 Å². The van der Waals surface area contributed by atoms with Gasteiger partial charge in [-0.3, -0.25) is 4.79 Å². The highest BCUT2D eigenvalue weighted by molar-refractivity contribution is 6.14. The van der Waals surface area contributed by atoms with E-state index in [2.05, 4.69) is 4.98 Å². The van der Waals surface area contributed by atoms with Crippen molar-refractivity contribution in [3.63, 3.8) is 0 Å². The molecule has 0 saturated heterocycles. The first-order valence-corrected chi connectivity index (χ1v) is 6.47. The number of hydrogen-bond donors (Lipinski definition) is 3. The van der Waals surface area contributed by atoms with Gasteiger partial charge in [0.1, 0.15) is 17.1 Å². The Kier molecular flexibility index (Phi) is 3.20. The first kappa shape index (κ1) is 13.0. The molecule has 0 unspecified atom stereocenters. The second-order valence-electron chi connectivity index (χ2n) is 4.63.